The summed E-state index contributed by atoms with van der Waals surface area (Å²) < 4.78 is 37.4. The molecular weight excluding hydrogens is 261 g/mol. The zero-order chi connectivity index (χ0) is 13.2. The Kier molecular flexibility index (Phi) is 3.75. The molecule has 2 nitrogen and oxygen atoms in total. The molecular formula is C12H13F3N2S. The summed E-state index contributed by atoms with van der Waals surface area (Å²) in [5.74, 6) is 0. The zero-order valence-electron chi connectivity index (χ0n) is 9.57. The number of nitrogens with zero attached hydrogens (tertiary/aromatic N) is 1. The first-order valence-electron chi connectivity index (χ1n) is 5.65. The Morgan fingerprint density at radius 3 is 2.39 bits per heavy atom. The molecule has 0 atom stereocenters. The number of hydrogen-bond acceptors (Lipinski definition) is 1. The van der Waals surface area contributed by atoms with Crippen molar-refractivity contribution in [2.45, 2.75) is 25.1 Å². The Hall–Kier alpha value is -1.30. The Morgan fingerprint density at radius 1 is 1.28 bits per heavy atom. The summed E-state index contributed by atoms with van der Waals surface area (Å²) in [6.45, 7) is -0.990. The summed E-state index contributed by atoms with van der Waals surface area (Å²) in [5.41, 5.74) is 0.704. The van der Waals surface area contributed by atoms with Gasteiger partial charge in [-0.3, -0.25) is 0 Å². The molecule has 0 spiro atoms. The van der Waals surface area contributed by atoms with Gasteiger partial charge in [-0.15, -0.1) is 0 Å². The second-order valence-corrected chi connectivity index (χ2v) is 4.66. The molecule has 1 aromatic carbocycles. The Bertz CT molecular complexity index is 415. The van der Waals surface area contributed by atoms with Gasteiger partial charge < -0.3 is 10.2 Å². The van der Waals surface area contributed by atoms with Crippen LogP contribution in [0.15, 0.2) is 30.3 Å². The predicted octanol–water partition coefficient (Wildman–Crippen LogP) is 3.41. The number of alkyl halides is 3. The Morgan fingerprint density at radius 2 is 1.89 bits per heavy atom. The van der Waals surface area contributed by atoms with Crippen LogP contribution in [0.4, 0.5) is 18.9 Å². The van der Waals surface area contributed by atoms with Crippen molar-refractivity contribution in [3.05, 3.63) is 30.3 Å². The third-order valence-electron chi connectivity index (χ3n) is 2.62. The third kappa shape index (κ3) is 3.87. The van der Waals surface area contributed by atoms with Crippen LogP contribution in [0.1, 0.15) is 12.8 Å². The molecule has 2 rings (SSSR count). The molecule has 1 fully saturated rings. The minimum Gasteiger partial charge on any atom is -0.337 e. The minimum atomic E-state index is -4.23. The summed E-state index contributed by atoms with van der Waals surface area (Å²) in [6, 6.07) is 8.90. The summed E-state index contributed by atoms with van der Waals surface area (Å²) in [7, 11) is 0. The van der Waals surface area contributed by atoms with E-state index in [0.717, 1.165) is 12.8 Å². The van der Waals surface area contributed by atoms with E-state index in [1.54, 1.807) is 24.3 Å². The first-order chi connectivity index (χ1) is 8.46. The van der Waals surface area contributed by atoms with Gasteiger partial charge in [-0.05, 0) is 37.2 Å². The standard InChI is InChI=1S/C12H13F3N2S/c13-12(14,15)8-17(10-6-7-10)11(18)16-9-4-2-1-3-5-9/h1-5,10H,6-8H2,(H,16,18). The lowest BCUT2D eigenvalue weighted by Crippen LogP contribution is -2.42. The van der Waals surface area contributed by atoms with E-state index in [1.165, 1.54) is 4.90 Å². The maximum atomic E-state index is 12.5. The number of benzene rings is 1. The molecule has 98 valence electrons. The van der Waals surface area contributed by atoms with E-state index in [0.29, 0.717) is 5.69 Å². The van der Waals surface area contributed by atoms with Gasteiger partial charge >= 0.3 is 6.18 Å². The number of rotatable bonds is 3. The third-order valence-corrected chi connectivity index (χ3v) is 2.96. The second kappa shape index (κ2) is 5.14. The maximum Gasteiger partial charge on any atom is 0.406 e. The van der Waals surface area contributed by atoms with Crippen LogP contribution in [0.5, 0.6) is 0 Å². The minimum absolute atomic E-state index is 0.0738. The monoisotopic (exact) mass is 274 g/mol. The molecule has 1 aliphatic rings. The highest BCUT2D eigenvalue weighted by Crippen LogP contribution is 2.30. The van der Waals surface area contributed by atoms with Crippen molar-refractivity contribution in [1.29, 1.82) is 0 Å². The lowest BCUT2D eigenvalue weighted by Gasteiger charge is -2.26. The van der Waals surface area contributed by atoms with Gasteiger partial charge in [-0.2, -0.15) is 13.2 Å². The smallest absolute Gasteiger partial charge is 0.337 e. The Labute approximate surface area is 109 Å². The number of para-hydroxylation sites is 1. The molecule has 1 saturated carbocycles. The lowest BCUT2D eigenvalue weighted by atomic mass is 10.3. The first-order valence-corrected chi connectivity index (χ1v) is 6.06. The molecule has 1 N–H and O–H groups in total. The molecule has 0 bridgehead atoms. The molecule has 0 radical (unpaired) electrons. The molecule has 18 heavy (non-hydrogen) atoms. The van der Waals surface area contributed by atoms with Crippen molar-refractivity contribution in [3.63, 3.8) is 0 Å². The SMILES string of the molecule is FC(F)(F)CN(C(=S)Nc1ccccc1)C1CC1. The molecule has 0 unspecified atom stereocenters. The Balaban J connectivity index is 2.00. The molecule has 0 aliphatic heterocycles. The fourth-order valence-corrected chi connectivity index (χ4v) is 1.99. The van der Waals surface area contributed by atoms with Crippen LogP contribution in [-0.4, -0.2) is 28.8 Å². The summed E-state index contributed by atoms with van der Waals surface area (Å²) in [6.07, 6.45) is -2.69. The van der Waals surface area contributed by atoms with Crippen LogP contribution in [0.3, 0.4) is 0 Å². The van der Waals surface area contributed by atoms with Gasteiger partial charge in [-0.1, -0.05) is 18.2 Å². The van der Waals surface area contributed by atoms with E-state index in [1.807, 2.05) is 6.07 Å². The van der Waals surface area contributed by atoms with Crippen molar-refractivity contribution in [1.82, 2.24) is 4.90 Å². The van der Waals surface area contributed by atoms with Crippen molar-refractivity contribution < 1.29 is 13.2 Å². The second-order valence-electron chi connectivity index (χ2n) is 4.27. The topological polar surface area (TPSA) is 15.3 Å². The van der Waals surface area contributed by atoms with Gasteiger partial charge in [0, 0.05) is 11.7 Å². The maximum absolute atomic E-state index is 12.5. The van der Waals surface area contributed by atoms with Crippen molar-refractivity contribution in [2.24, 2.45) is 0 Å². The van der Waals surface area contributed by atoms with Crippen molar-refractivity contribution in [2.75, 3.05) is 11.9 Å². The van der Waals surface area contributed by atoms with E-state index in [-0.39, 0.29) is 11.2 Å². The van der Waals surface area contributed by atoms with Gasteiger partial charge in [0.2, 0.25) is 0 Å². The number of halogens is 3. The quantitative estimate of drug-likeness (QED) is 0.850. The van der Waals surface area contributed by atoms with Crippen LogP contribution in [0.25, 0.3) is 0 Å². The first kappa shape index (κ1) is 13.1. The number of nitrogens with one attached hydrogen (secondary N) is 1. The van der Waals surface area contributed by atoms with E-state index in [9.17, 15) is 13.2 Å². The number of anilines is 1. The van der Waals surface area contributed by atoms with Gasteiger partial charge in [-0.25, -0.2) is 0 Å². The molecule has 0 aromatic heterocycles. The van der Waals surface area contributed by atoms with Crippen LogP contribution >= 0.6 is 12.2 Å². The fraction of sp³-hybridized carbons (Fsp3) is 0.417. The molecule has 0 heterocycles. The van der Waals surface area contributed by atoms with Crippen LogP contribution in [0.2, 0.25) is 0 Å². The van der Waals surface area contributed by atoms with E-state index in [4.69, 9.17) is 12.2 Å². The van der Waals surface area contributed by atoms with Crippen LogP contribution < -0.4 is 5.32 Å². The predicted molar refractivity (Wildman–Crippen MR) is 68.4 cm³/mol. The van der Waals surface area contributed by atoms with Gasteiger partial charge in [0.25, 0.3) is 0 Å². The van der Waals surface area contributed by atoms with Crippen molar-refractivity contribution in [3.8, 4) is 0 Å². The normalized spacial score (nSPS) is 15.3. The fourth-order valence-electron chi connectivity index (χ4n) is 1.66. The highest BCUT2D eigenvalue weighted by atomic mass is 32.1. The van der Waals surface area contributed by atoms with Gasteiger partial charge in [0.05, 0.1) is 0 Å². The molecule has 0 saturated heterocycles. The van der Waals surface area contributed by atoms with Gasteiger partial charge in [0.1, 0.15) is 6.54 Å². The van der Waals surface area contributed by atoms with Crippen LogP contribution in [0, 0.1) is 0 Å². The average Bonchev–Trinajstić information content (AvgIpc) is 3.10. The summed E-state index contributed by atoms with van der Waals surface area (Å²) in [5, 5.41) is 2.98. The molecule has 1 aliphatic carbocycles. The lowest BCUT2D eigenvalue weighted by molar-refractivity contribution is -0.138. The number of thiocarbonyl (C=S) groups is 1. The van der Waals surface area contributed by atoms with Crippen molar-refractivity contribution >= 4 is 23.0 Å². The highest BCUT2D eigenvalue weighted by molar-refractivity contribution is 7.80. The largest absolute Gasteiger partial charge is 0.406 e. The molecule has 0 amide bonds. The van der Waals surface area contributed by atoms with E-state index >= 15 is 0 Å². The molecule has 1 aromatic rings. The summed E-state index contributed by atoms with van der Waals surface area (Å²) >= 11 is 5.06. The van der Waals surface area contributed by atoms with Gasteiger partial charge in [0.15, 0.2) is 5.11 Å². The van der Waals surface area contributed by atoms with E-state index in [2.05, 4.69) is 5.32 Å². The average molecular weight is 274 g/mol. The highest BCUT2D eigenvalue weighted by Gasteiger charge is 2.39. The van der Waals surface area contributed by atoms with E-state index < -0.39 is 12.7 Å². The molecule has 6 heteroatoms. The number of hydrogen-bond donors (Lipinski definition) is 1. The zero-order valence-corrected chi connectivity index (χ0v) is 10.4. The van der Waals surface area contributed by atoms with Crippen LogP contribution in [-0.2, 0) is 0 Å². The summed E-state index contributed by atoms with van der Waals surface area (Å²) in [4.78, 5) is 1.22.